The fourth-order valence-electron chi connectivity index (χ4n) is 3.45. The van der Waals surface area contributed by atoms with Gasteiger partial charge in [-0.05, 0) is 42.8 Å². The number of hydrogen-bond acceptors (Lipinski definition) is 4. The molecular formula is C21H19BrF3N5O. The van der Waals surface area contributed by atoms with E-state index in [2.05, 4.69) is 31.2 Å². The first-order valence-corrected chi connectivity index (χ1v) is 10.4. The van der Waals surface area contributed by atoms with Crippen LogP contribution in [-0.4, -0.2) is 47.1 Å². The molecule has 1 aliphatic rings. The third-order valence-corrected chi connectivity index (χ3v) is 5.99. The van der Waals surface area contributed by atoms with Gasteiger partial charge in [-0.3, -0.25) is 0 Å². The van der Waals surface area contributed by atoms with Crippen molar-refractivity contribution in [3.05, 3.63) is 58.2 Å². The van der Waals surface area contributed by atoms with Gasteiger partial charge in [0.25, 0.3) is 0 Å². The Morgan fingerprint density at radius 2 is 1.68 bits per heavy atom. The van der Waals surface area contributed by atoms with Crippen molar-refractivity contribution in [3.8, 4) is 0 Å². The lowest BCUT2D eigenvalue weighted by atomic mass is 10.2. The number of alkyl halides is 3. The highest BCUT2D eigenvalue weighted by atomic mass is 79.9. The lowest BCUT2D eigenvalue weighted by molar-refractivity contribution is -0.140. The predicted octanol–water partition coefficient (Wildman–Crippen LogP) is 5.07. The van der Waals surface area contributed by atoms with Crippen molar-refractivity contribution in [1.82, 2.24) is 14.9 Å². The standard InChI is InChI=1S/C21H19BrF3N5O/c1-13-12-14(6-7-15(13)22)26-20(31)30-10-8-29(9-11-30)19-18(21(23,24)25)27-16-4-2-3-5-17(16)28-19/h2-7,12H,8-11H2,1H3,(H,26,31). The molecule has 1 aromatic heterocycles. The predicted molar refractivity (Wildman–Crippen MR) is 116 cm³/mol. The van der Waals surface area contributed by atoms with E-state index in [4.69, 9.17) is 0 Å². The number of benzene rings is 2. The van der Waals surface area contributed by atoms with Crippen molar-refractivity contribution >= 4 is 44.5 Å². The molecule has 3 aromatic rings. The molecule has 0 spiro atoms. The number of piperazine rings is 1. The summed E-state index contributed by atoms with van der Waals surface area (Å²) in [5, 5.41) is 2.83. The summed E-state index contributed by atoms with van der Waals surface area (Å²) in [5.41, 5.74) is 1.23. The third kappa shape index (κ3) is 4.58. The van der Waals surface area contributed by atoms with Gasteiger partial charge in [0.05, 0.1) is 11.0 Å². The second-order valence-electron chi connectivity index (χ2n) is 7.25. The van der Waals surface area contributed by atoms with Gasteiger partial charge in [-0.25, -0.2) is 14.8 Å². The Kier molecular flexibility index (Phi) is 5.74. The molecule has 2 amide bonds. The van der Waals surface area contributed by atoms with Crippen molar-refractivity contribution in [3.63, 3.8) is 0 Å². The number of aromatic nitrogens is 2. The summed E-state index contributed by atoms with van der Waals surface area (Å²) in [6.45, 7) is 2.91. The number of anilines is 2. The minimum absolute atomic E-state index is 0.196. The summed E-state index contributed by atoms with van der Waals surface area (Å²) in [7, 11) is 0. The molecular weight excluding hydrogens is 475 g/mol. The first-order chi connectivity index (χ1) is 14.7. The lowest BCUT2D eigenvalue weighted by Gasteiger charge is -2.36. The topological polar surface area (TPSA) is 61.4 Å². The van der Waals surface area contributed by atoms with Gasteiger partial charge in [-0.15, -0.1) is 0 Å². The van der Waals surface area contributed by atoms with E-state index in [0.29, 0.717) is 11.2 Å². The van der Waals surface area contributed by atoms with Gasteiger partial charge in [0.1, 0.15) is 0 Å². The highest BCUT2D eigenvalue weighted by molar-refractivity contribution is 9.10. The molecule has 162 valence electrons. The molecule has 0 atom stereocenters. The number of halogens is 4. The maximum Gasteiger partial charge on any atom is 0.437 e. The number of hydrogen-bond donors (Lipinski definition) is 1. The highest BCUT2D eigenvalue weighted by Crippen LogP contribution is 2.35. The van der Waals surface area contributed by atoms with E-state index < -0.39 is 11.9 Å². The van der Waals surface area contributed by atoms with Gasteiger partial charge >= 0.3 is 12.2 Å². The van der Waals surface area contributed by atoms with E-state index in [-0.39, 0.29) is 43.5 Å². The van der Waals surface area contributed by atoms with E-state index in [1.807, 2.05) is 19.1 Å². The Labute approximate surface area is 185 Å². The van der Waals surface area contributed by atoms with E-state index in [0.717, 1.165) is 10.0 Å². The monoisotopic (exact) mass is 493 g/mol. The molecule has 1 fully saturated rings. The summed E-state index contributed by atoms with van der Waals surface area (Å²) < 4.78 is 41.8. The molecule has 0 unspecified atom stereocenters. The van der Waals surface area contributed by atoms with Crippen LogP contribution in [0.5, 0.6) is 0 Å². The Balaban J connectivity index is 1.50. The third-order valence-electron chi connectivity index (χ3n) is 5.10. The van der Waals surface area contributed by atoms with Crippen LogP contribution in [0.2, 0.25) is 0 Å². The van der Waals surface area contributed by atoms with Crippen molar-refractivity contribution in [2.45, 2.75) is 13.1 Å². The smallest absolute Gasteiger partial charge is 0.351 e. The van der Waals surface area contributed by atoms with Crippen LogP contribution in [0.3, 0.4) is 0 Å². The number of urea groups is 1. The van der Waals surface area contributed by atoms with Crippen LogP contribution < -0.4 is 10.2 Å². The minimum Gasteiger partial charge on any atom is -0.351 e. The van der Waals surface area contributed by atoms with E-state index >= 15 is 0 Å². The molecule has 10 heteroatoms. The second-order valence-corrected chi connectivity index (χ2v) is 8.10. The molecule has 0 bridgehead atoms. The number of fused-ring (bicyclic) bond motifs is 1. The highest BCUT2D eigenvalue weighted by Gasteiger charge is 2.39. The second kappa shape index (κ2) is 8.33. The number of rotatable bonds is 2. The fraction of sp³-hybridized carbons (Fsp3) is 0.286. The van der Waals surface area contributed by atoms with E-state index in [9.17, 15) is 18.0 Å². The van der Waals surface area contributed by atoms with Crippen LogP contribution in [0, 0.1) is 6.92 Å². The average Bonchev–Trinajstić information content (AvgIpc) is 2.75. The fourth-order valence-corrected chi connectivity index (χ4v) is 3.69. The van der Waals surface area contributed by atoms with Crippen molar-refractivity contribution in [1.29, 1.82) is 0 Å². The first-order valence-electron chi connectivity index (χ1n) is 9.63. The van der Waals surface area contributed by atoms with Gasteiger partial charge < -0.3 is 15.1 Å². The van der Waals surface area contributed by atoms with Gasteiger partial charge in [0, 0.05) is 36.3 Å². The maximum absolute atomic E-state index is 13.6. The van der Waals surface area contributed by atoms with Gasteiger partial charge in [0.2, 0.25) is 0 Å². The number of amides is 2. The summed E-state index contributed by atoms with van der Waals surface area (Å²) in [6.07, 6.45) is -4.62. The quantitative estimate of drug-likeness (QED) is 0.541. The summed E-state index contributed by atoms with van der Waals surface area (Å²) in [6, 6.07) is 11.7. The largest absolute Gasteiger partial charge is 0.437 e. The molecule has 4 rings (SSSR count). The Bertz CT molecular complexity index is 1130. The molecule has 1 N–H and O–H groups in total. The van der Waals surface area contributed by atoms with Crippen molar-refractivity contribution in [2.24, 2.45) is 0 Å². The SMILES string of the molecule is Cc1cc(NC(=O)N2CCN(c3nc4ccccc4nc3C(F)(F)F)CC2)ccc1Br. The molecule has 6 nitrogen and oxygen atoms in total. The van der Waals surface area contributed by atoms with Crippen molar-refractivity contribution in [2.75, 3.05) is 36.4 Å². The number of para-hydroxylation sites is 2. The number of carbonyl (C=O) groups excluding carboxylic acids is 1. The molecule has 2 heterocycles. The van der Waals surface area contributed by atoms with Crippen LogP contribution >= 0.6 is 15.9 Å². The number of nitrogens with zero attached hydrogens (tertiary/aromatic N) is 4. The average molecular weight is 494 g/mol. The normalized spacial score (nSPS) is 14.7. The minimum atomic E-state index is -4.62. The molecule has 31 heavy (non-hydrogen) atoms. The van der Waals surface area contributed by atoms with Gasteiger partial charge in [-0.2, -0.15) is 13.2 Å². The lowest BCUT2D eigenvalue weighted by Crippen LogP contribution is -2.50. The van der Waals surface area contributed by atoms with Gasteiger partial charge in [0.15, 0.2) is 11.5 Å². The van der Waals surface area contributed by atoms with Crippen LogP contribution in [0.25, 0.3) is 11.0 Å². The molecule has 0 radical (unpaired) electrons. The van der Waals surface area contributed by atoms with E-state index in [1.165, 1.54) is 11.0 Å². The van der Waals surface area contributed by atoms with Gasteiger partial charge in [-0.1, -0.05) is 28.1 Å². The zero-order valence-electron chi connectivity index (χ0n) is 16.6. The molecule has 1 aliphatic heterocycles. The van der Waals surface area contributed by atoms with E-state index in [1.54, 1.807) is 29.2 Å². The van der Waals surface area contributed by atoms with Crippen LogP contribution in [0.4, 0.5) is 29.5 Å². The summed E-state index contributed by atoms with van der Waals surface area (Å²) in [5.74, 6) is -0.199. The number of carbonyl (C=O) groups is 1. The molecule has 1 saturated heterocycles. The van der Waals surface area contributed by atoms with Crippen molar-refractivity contribution < 1.29 is 18.0 Å². The zero-order valence-corrected chi connectivity index (χ0v) is 18.2. The molecule has 0 saturated carbocycles. The first kappa shape index (κ1) is 21.4. The zero-order chi connectivity index (χ0) is 22.2. The Morgan fingerprint density at radius 3 is 2.29 bits per heavy atom. The Morgan fingerprint density at radius 1 is 1.03 bits per heavy atom. The molecule has 2 aromatic carbocycles. The summed E-state index contributed by atoms with van der Waals surface area (Å²) in [4.78, 5) is 23.8. The van der Waals surface area contributed by atoms with Crippen LogP contribution in [0.15, 0.2) is 46.9 Å². The van der Waals surface area contributed by atoms with Crippen LogP contribution in [-0.2, 0) is 6.18 Å². The maximum atomic E-state index is 13.6. The number of aryl methyl sites for hydroxylation is 1. The van der Waals surface area contributed by atoms with Crippen LogP contribution in [0.1, 0.15) is 11.3 Å². The number of nitrogens with one attached hydrogen (secondary N) is 1. The summed E-state index contributed by atoms with van der Waals surface area (Å²) >= 11 is 3.42. The Hall–Kier alpha value is -2.88. The molecule has 0 aliphatic carbocycles.